The number of hydrogen-bond acceptors (Lipinski definition) is 1. The molecule has 13 heavy (non-hydrogen) atoms. The lowest BCUT2D eigenvalue weighted by atomic mass is 9.95. The van der Waals surface area contributed by atoms with E-state index in [4.69, 9.17) is 0 Å². The summed E-state index contributed by atoms with van der Waals surface area (Å²) in [5, 5.41) is 3.00. The first-order valence-electron chi connectivity index (χ1n) is 4.97. The van der Waals surface area contributed by atoms with Crippen molar-refractivity contribution in [3.8, 4) is 0 Å². The van der Waals surface area contributed by atoms with E-state index in [0.717, 1.165) is 12.8 Å². The molecule has 0 saturated carbocycles. The number of hydrogen-bond donors (Lipinski definition) is 1. The van der Waals surface area contributed by atoms with Gasteiger partial charge >= 0.3 is 0 Å². The second kappa shape index (κ2) is 6.41. The highest BCUT2D eigenvalue weighted by Gasteiger charge is 2.17. The van der Waals surface area contributed by atoms with Crippen molar-refractivity contribution in [3.05, 3.63) is 0 Å². The van der Waals surface area contributed by atoms with Crippen molar-refractivity contribution in [1.82, 2.24) is 5.32 Å². The molecule has 1 N–H and O–H groups in total. The molecule has 0 spiro atoms. The molecule has 1 amide bonds. The Bertz CT molecular complexity index is 155. The van der Waals surface area contributed by atoms with Gasteiger partial charge in [-0.15, -0.1) is 0 Å². The third kappa shape index (κ3) is 4.65. The van der Waals surface area contributed by atoms with E-state index in [0.29, 0.717) is 5.92 Å². The zero-order valence-corrected chi connectivity index (χ0v) is 10.5. The third-order valence-electron chi connectivity index (χ3n) is 2.49. The number of carbonyl (C=O) groups excluding carboxylic acids is 1. The van der Waals surface area contributed by atoms with Gasteiger partial charge < -0.3 is 5.32 Å². The van der Waals surface area contributed by atoms with E-state index in [1.54, 1.807) is 0 Å². The molecule has 0 heterocycles. The quantitative estimate of drug-likeness (QED) is 0.747. The van der Waals surface area contributed by atoms with Crippen molar-refractivity contribution in [3.63, 3.8) is 0 Å². The smallest absolute Gasteiger partial charge is 0.233 e. The number of amides is 1. The average molecular weight is 250 g/mol. The predicted molar refractivity (Wildman–Crippen MR) is 60.1 cm³/mol. The minimum Gasteiger partial charge on any atom is -0.352 e. The van der Waals surface area contributed by atoms with Crippen LogP contribution in [-0.2, 0) is 4.79 Å². The van der Waals surface area contributed by atoms with Gasteiger partial charge in [0, 0.05) is 6.04 Å². The lowest BCUT2D eigenvalue weighted by Gasteiger charge is -2.23. The van der Waals surface area contributed by atoms with Crippen molar-refractivity contribution in [2.75, 3.05) is 0 Å². The first kappa shape index (κ1) is 12.9. The second-order valence-corrected chi connectivity index (χ2v) is 4.86. The molecule has 0 aliphatic carbocycles. The van der Waals surface area contributed by atoms with E-state index < -0.39 is 0 Å². The average Bonchev–Trinajstić information content (AvgIpc) is 2.06. The molecule has 3 heteroatoms. The summed E-state index contributed by atoms with van der Waals surface area (Å²) in [6.07, 6.45) is 2.24. The fourth-order valence-corrected chi connectivity index (χ4v) is 1.59. The Balaban J connectivity index is 3.97. The topological polar surface area (TPSA) is 29.1 Å². The van der Waals surface area contributed by atoms with Gasteiger partial charge in [0.05, 0.1) is 4.83 Å². The van der Waals surface area contributed by atoms with Crippen molar-refractivity contribution in [2.45, 2.75) is 51.4 Å². The van der Waals surface area contributed by atoms with Crippen LogP contribution in [-0.4, -0.2) is 16.8 Å². The monoisotopic (exact) mass is 249 g/mol. The van der Waals surface area contributed by atoms with Gasteiger partial charge in [-0.1, -0.05) is 42.6 Å². The fourth-order valence-electron chi connectivity index (χ4n) is 1.45. The van der Waals surface area contributed by atoms with Crippen LogP contribution < -0.4 is 5.32 Å². The van der Waals surface area contributed by atoms with E-state index in [2.05, 4.69) is 42.0 Å². The van der Waals surface area contributed by atoms with E-state index in [1.807, 2.05) is 6.92 Å². The highest BCUT2D eigenvalue weighted by atomic mass is 79.9. The molecule has 0 aromatic rings. The van der Waals surface area contributed by atoms with Crippen LogP contribution in [0.15, 0.2) is 0 Å². The summed E-state index contributed by atoms with van der Waals surface area (Å²) in [7, 11) is 0. The SMILES string of the molecule is CCC(CC)C(C)NC(=O)C(C)Br. The van der Waals surface area contributed by atoms with Crippen LogP contribution in [0.1, 0.15) is 40.5 Å². The summed E-state index contributed by atoms with van der Waals surface area (Å²) in [6.45, 7) is 8.24. The first-order chi connectivity index (χ1) is 6.02. The number of rotatable bonds is 5. The molecule has 0 aliphatic heterocycles. The summed E-state index contributed by atoms with van der Waals surface area (Å²) >= 11 is 3.25. The van der Waals surface area contributed by atoms with Gasteiger partial charge in [-0.05, 0) is 19.8 Å². The van der Waals surface area contributed by atoms with Crippen LogP contribution in [0.5, 0.6) is 0 Å². The fraction of sp³-hybridized carbons (Fsp3) is 0.900. The molecule has 2 atom stereocenters. The lowest BCUT2D eigenvalue weighted by Crippen LogP contribution is -2.40. The molecule has 2 nitrogen and oxygen atoms in total. The van der Waals surface area contributed by atoms with Crippen LogP contribution in [0.2, 0.25) is 0 Å². The summed E-state index contributed by atoms with van der Waals surface area (Å²) in [5.74, 6) is 0.676. The Hall–Kier alpha value is -0.0500. The molecule has 0 bridgehead atoms. The highest BCUT2D eigenvalue weighted by molar-refractivity contribution is 9.10. The van der Waals surface area contributed by atoms with Crippen molar-refractivity contribution in [2.24, 2.45) is 5.92 Å². The summed E-state index contributed by atoms with van der Waals surface area (Å²) < 4.78 is 0. The molecular formula is C10H20BrNO. The maximum absolute atomic E-state index is 11.3. The highest BCUT2D eigenvalue weighted by Crippen LogP contribution is 2.13. The number of carbonyl (C=O) groups is 1. The Kier molecular flexibility index (Phi) is 6.39. The maximum Gasteiger partial charge on any atom is 0.233 e. The van der Waals surface area contributed by atoms with Crippen LogP contribution in [0.25, 0.3) is 0 Å². The molecule has 0 fully saturated rings. The lowest BCUT2D eigenvalue weighted by molar-refractivity contribution is -0.121. The Morgan fingerprint density at radius 3 is 2.08 bits per heavy atom. The summed E-state index contributed by atoms with van der Waals surface area (Å²) in [6, 6.07) is 0.280. The maximum atomic E-state index is 11.3. The van der Waals surface area contributed by atoms with Gasteiger partial charge in [-0.2, -0.15) is 0 Å². The molecule has 0 saturated heterocycles. The molecule has 0 aliphatic rings. The van der Waals surface area contributed by atoms with Crippen LogP contribution in [0.3, 0.4) is 0 Å². The standard InChI is InChI=1S/C10H20BrNO/c1-5-9(6-2)8(4)12-10(13)7(3)11/h7-9H,5-6H2,1-4H3,(H,12,13). The van der Waals surface area contributed by atoms with E-state index in [9.17, 15) is 4.79 Å². The van der Waals surface area contributed by atoms with Gasteiger partial charge in [0.15, 0.2) is 0 Å². The number of halogens is 1. The van der Waals surface area contributed by atoms with Crippen LogP contribution in [0, 0.1) is 5.92 Å². The molecule has 2 unspecified atom stereocenters. The Morgan fingerprint density at radius 1 is 1.31 bits per heavy atom. The normalized spacial score (nSPS) is 15.5. The summed E-state index contributed by atoms with van der Waals surface area (Å²) in [5.41, 5.74) is 0. The predicted octanol–water partition coefficient (Wildman–Crippen LogP) is 2.71. The van der Waals surface area contributed by atoms with Gasteiger partial charge in [0.2, 0.25) is 5.91 Å². The molecule has 0 aromatic carbocycles. The van der Waals surface area contributed by atoms with Crippen molar-refractivity contribution < 1.29 is 4.79 Å². The van der Waals surface area contributed by atoms with Crippen LogP contribution in [0.4, 0.5) is 0 Å². The summed E-state index contributed by atoms with van der Waals surface area (Å²) in [4.78, 5) is 11.2. The van der Waals surface area contributed by atoms with Gasteiger partial charge in [0.25, 0.3) is 0 Å². The number of alkyl halides is 1. The third-order valence-corrected chi connectivity index (χ3v) is 2.90. The Morgan fingerprint density at radius 2 is 1.77 bits per heavy atom. The molecule has 0 radical (unpaired) electrons. The van der Waals surface area contributed by atoms with Crippen molar-refractivity contribution in [1.29, 1.82) is 0 Å². The Labute approximate surface area is 89.6 Å². The second-order valence-electron chi connectivity index (χ2n) is 3.49. The zero-order chi connectivity index (χ0) is 10.4. The first-order valence-corrected chi connectivity index (χ1v) is 5.88. The molecule has 0 rings (SSSR count). The van der Waals surface area contributed by atoms with E-state index in [1.165, 1.54) is 0 Å². The van der Waals surface area contributed by atoms with E-state index in [-0.39, 0.29) is 16.8 Å². The van der Waals surface area contributed by atoms with Crippen molar-refractivity contribution >= 4 is 21.8 Å². The van der Waals surface area contributed by atoms with Crippen LogP contribution >= 0.6 is 15.9 Å². The number of nitrogens with one attached hydrogen (secondary N) is 1. The van der Waals surface area contributed by atoms with Gasteiger partial charge in [0.1, 0.15) is 0 Å². The molecular weight excluding hydrogens is 230 g/mol. The van der Waals surface area contributed by atoms with Gasteiger partial charge in [-0.3, -0.25) is 4.79 Å². The van der Waals surface area contributed by atoms with Gasteiger partial charge in [-0.25, -0.2) is 0 Å². The van der Waals surface area contributed by atoms with E-state index >= 15 is 0 Å². The molecule has 78 valence electrons. The molecule has 0 aromatic heterocycles. The minimum atomic E-state index is -0.0932. The largest absolute Gasteiger partial charge is 0.352 e. The minimum absolute atomic E-state index is 0.0828. The zero-order valence-electron chi connectivity index (χ0n) is 8.93.